The fourth-order valence-corrected chi connectivity index (χ4v) is 2.58. The molecular formula is C19H18N4O2. The largest absolute Gasteiger partial charge is 0.478 e. The number of nitrogens with one attached hydrogen (secondary N) is 1. The summed E-state index contributed by atoms with van der Waals surface area (Å²) in [6.07, 6.45) is 4.22. The van der Waals surface area contributed by atoms with E-state index in [-0.39, 0.29) is 5.56 Å². The Kier molecular flexibility index (Phi) is 4.70. The van der Waals surface area contributed by atoms with Crippen molar-refractivity contribution < 1.29 is 9.90 Å². The number of aryl methyl sites for hydroxylation is 1. The quantitative estimate of drug-likeness (QED) is 0.737. The third-order valence-electron chi connectivity index (χ3n) is 3.88. The van der Waals surface area contributed by atoms with E-state index in [4.69, 9.17) is 5.11 Å². The Balaban J connectivity index is 1.99. The zero-order chi connectivity index (χ0) is 17.8. The van der Waals surface area contributed by atoms with Gasteiger partial charge in [-0.05, 0) is 49.7 Å². The summed E-state index contributed by atoms with van der Waals surface area (Å²) in [6, 6.07) is 10.3. The van der Waals surface area contributed by atoms with Gasteiger partial charge >= 0.3 is 5.97 Å². The molecule has 0 unspecified atom stereocenters. The molecular weight excluding hydrogens is 316 g/mol. The highest BCUT2D eigenvalue weighted by Crippen LogP contribution is 2.25. The van der Waals surface area contributed by atoms with Crippen molar-refractivity contribution in [3.8, 4) is 11.4 Å². The number of aromatic nitrogens is 3. The minimum Gasteiger partial charge on any atom is -0.478 e. The van der Waals surface area contributed by atoms with Gasteiger partial charge in [0.05, 0.1) is 5.56 Å². The maximum absolute atomic E-state index is 11.0. The van der Waals surface area contributed by atoms with Gasteiger partial charge in [0.25, 0.3) is 0 Å². The van der Waals surface area contributed by atoms with Gasteiger partial charge in [-0.3, -0.25) is 4.98 Å². The maximum Gasteiger partial charge on any atom is 0.335 e. The number of hydrogen-bond acceptors (Lipinski definition) is 5. The van der Waals surface area contributed by atoms with Gasteiger partial charge in [0.2, 0.25) is 0 Å². The van der Waals surface area contributed by atoms with Crippen molar-refractivity contribution in [3.05, 3.63) is 65.6 Å². The lowest BCUT2D eigenvalue weighted by molar-refractivity contribution is 0.0697. The lowest BCUT2D eigenvalue weighted by Crippen LogP contribution is -2.05. The first kappa shape index (κ1) is 16.6. The Morgan fingerprint density at radius 3 is 2.52 bits per heavy atom. The molecule has 0 aliphatic carbocycles. The molecule has 3 aromatic rings. The van der Waals surface area contributed by atoms with Crippen LogP contribution >= 0.6 is 0 Å². The predicted octanol–water partition coefficient (Wildman–Crippen LogP) is 3.85. The molecule has 0 bridgehead atoms. The van der Waals surface area contributed by atoms with Crippen LogP contribution in [0, 0.1) is 6.92 Å². The minimum atomic E-state index is -0.947. The molecule has 126 valence electrons. The van der Waals surface area contributed by atoms with Crippen LogP contribution in [0.1, 0.15) is 28.5 Å². The van der Waals surface area contributed by atoms with E-state index in [2.05, 4.69) is 20.3 Å². The Morgan fingerprint density at radius 2 is 1.92 bits per heavy atom. The van der Waals surface area contributed by atoms with Crippen molar-refractivity contribution in [2.75, 3.05) is 5.32 Å². The number of carboxylic acid groups (broad SMARTS) is 1. The molecule has 0 saturated carbocycles. The second kappa shape index (κ2) is 7.09. The molecule has 0 saturated heterocycles. The van der Waals surface area contributed by atoms with E-state index in [1.54, 1.807) is 36.7 Å². The zero-order valence-electron chi connectivity index (χ0n) is 14.0. The minimum absolute atomic E-state index is 0.246. The first-order valence-electron chi connectivity index (χ1n) is 7.96. The number of benzene rings is 1. The van der Waals surface area contributed by atoms with Gasteiger partial charge in [0.15, 0.2) is 5.82 Å². The second-order valence-electron chi connectivity index (χ2n) is 5.56. The number of rotatable bonds is 5. The number of nitrogens with zero attached hydrogens (tertiary/aromatic N) is 3. The number of aromatic carboxylic acids is 1. The molecule has 0 spiro atoms. The van der Waals surface area contributed by atoms with Crippen LogP contribution in [0.25, 0.3) is 11.4 Å². The molecule has 0 aliphatic heterocycles. The number of pyridine rings is 1. The summed E-state index contributed by atoms with van der Waals surface area (Å²) in [5.41, 5.74) is 3.79. The summed E-state index contributed by atoms with van der Waals surface area (Å²) >= 11 is 0. The van der Waals surface area contributed by atoms with Crippen LogP contribution in [-0.2, 0) is 6.42 Å². The molecule has 0 amide bonds. The Labute approximate surface area is 145 Å². The van der Waals surface area contributed by atoms with Gasteiger partial charge in [-0.25, -0.2) is 14.8 Å². The monoisotopic (exact) mass is 334 g/mol. The standard InChI is InChI=1S/C19H18N4O2/c1-3-16-12(2)21-17(14-5-4-10-20-11-14)23-18(16)22-15-8-6-13(7-9-15)19(24)25/h4-11H,3H2,1-2H3,(H,24,25)(H,21,22,23). The third-order valence-corrected chi connectivity index (χ3v) is 3.88. The summed E-state index contributed by atoms with van der Waals surface area (Å²) < 4.78 is 0. The highest BCUT2D eigenvalue weighted by atomic mass is 16.4. The zero-order valence-corrected chi connectivity index (χ0v) is 14.0. The van der Waals surface area contributed by atoms with Crippen molar-refractivity contribution in [1.29, 1.82) is 0 Å². The van der Waals surface area contributed by atoms with Gasteiger partial charge < -0.3 is 10.4 Å². The third kappa shape index (κ3) is 3.63. The summed E-state index contributed by atoms with van der Waals surface area (Å²) in [5.74, 6) is 0.377. The molecule has 6 heteroatoms. The molecule has 3 rings (SSSR count). The summed E-state index contributed by atoms with van der Waals surface area (Å²) in [4.78, 5) is 24.3. The van der Waals surface area contributed by atoms with Gasteiger partial charge in [0.1, 0.15) is 5.82 Å². The highest BCUT2D eigenvalue weighted by Gasteiger charge is 2.12. The van der Waals surface area contributed by atoms with Crippen LogP contribution in [0.2, 0.25) is 0 Å². The molecule has 0 radical (unpaired) electrons. The topological polar surface area (TPSA) is 88.0 Å². The lowest BCUT2D eigenvalue weighted by atomic mass is 10.1. The van der Waals surface area contributed by atoms with E-state index in [0.29, 0.717) is 5.82 Å². The fourth-order valence-electron chi connectivity index (χ4n) is 2.58. The van der Waals surface area contributed by atoms with Crippen LogP contribution < -0.4 is 5.32 Å². The molecule has 25 heavy (non-hydrogen) atoms. The van der Waals surface area contributed by atoms with Crippen LogP contribution in [0.4, 0.5) is 11.5 Å². The Hall–Kier alpha value is -3.28. The first-order chi connectivity index (χ1) is 12.1. The number of carbonyl (C=O) groups is 1. The molecule has 2 heterocycles. The Morgan fingerprint density at radius 1 is 1.16 bits per heavy atom. The molecule has 6 nitrogen and oxygen atoms in total. The first-order valence-corrected chi connectivity index (χ1v) is 7.96. The van der Waals surface area contributed by atoms with E-state index in [0.717, 1.165) is 34.7 Å². The predicted molar refractivity (Wildman–Crippen MR) is 96.1 cm³/mol. The number of anilines is 2. The van der Waals surface area contributed by atoms with E-state index in [1.165, 1.54) is 0 Å². The normalized spacial score (nSPS) is 10.5. The van der Waals surface area contributed by atoms with Gasteiger partial charge in [-0.1, -0.05) is 6.92 Å². The number of carboxylic acids is 1. The van der Waals surface area contributed by atoms with Crippen molar-refractivity contribution in [2.45, 2.75) is 20.3 Å². The second-order valence-corrected chi connectivity index (χ2v) is 5.56. The van der Waals surface area contributed by atoms with E-state index in [9.17, 15) is 4.79 Å². The molecule has 0 aliphatic rings. The summed E-state index contributed by atoms with van der Waals surface area (Å²) in [5, 5.41) is 12.3. The van der Waals surface area contributed by atoms with E-state index in [1.807, 2.05) is 26.0 Å². The SMILES string of the molecule is CCc1c(C)nc(-c2cccnc2)nc1Nc1ccc(C(=O)O)cc1. The Bertz CT molecular complexity index is 893. The van der Waals surface area contributed by atoms with Crippen LogP contribution in [-0.4, -0.2) is 26.0 Å². The van der Waals surface area contributed by atoms with Crippen LogP contribution in [0.5, 0.6) is 0 Å². The molecule has 0 fully saturated rings. The van der Waals surface area contributed by atoms with Gasteiger partial charge in [-0.15, -0.1) is 0 Å². The van der Waals surface area contributed by atoms with Crippen LogP contribution in [0.15, 0.2) is 48.8 Å². The summed E-state index contributed by atoms with van der Waals surface area (Å²) in [7, 11) is 0. The highest BCUT2D eigenvalue weighted by molar-refractivity contribution is 5.88. The summed E-state index contributed by atoms with van der Waals surface area (Å²) in [6.45, 7) is 4.01. The van der Waals surface area contributed by atoms with Crippen molar-refractivity contribution in [1.82, 2.24) is 15.0 Å². The van der Waals surface area contributed by atoms with Crippen molar-refractivity contribution in [3.63, 3.8) is 0 Å². The van der Waals surface area contributed by atoms with Crippen molar-refractivity contribution >= 4 is 17.5 Å². The molecule has 2 N–H and O–H groups in total. The van der Waals surface area contributed by atoms with Crippen LogP contribution in [0.3, 0.4) is 0 Å². The molecule has 2 aromatic heterocycles. The van der Waals surface area contributed by atoms with E-state index < -0.39 is 5.97 Å². The van der Waals surface area contributed by atoms with Gasteiger partial charge in [-0.2, -0.15) is 0 Å². The molecule has 0 atom stereocenters. The van der Waals surface area contributed by atoms with Crippen molar-refractivity contribution in [2.24, 2.45) is 0 Å². The fraction of sp³-hybridized carbons (Fsp3) is 0.158. The molecule has 1 aromatic carbocycles. The smallest absolute Gasteiger partial charge is 0.335 e. The van der Waals surface area contributed by atoms with E-state index >= 15 is 0 Å². The average molecular weight is 334 g/mol. The average Bonchev–Trinajstić information content (AvgIpc) is 2.62. The lowest BCUT2D eigenvalue weighted by Gasteiger charge is -2.14. The van der Waals surface area contributed by atoms with Gasteiger partial charge in [0, 0.05) is 34.9 Å². The maximum atomic E-state index is 11.0. The number of hydrogen-bond donors (Lipinski definition) is 2.